The van der Waals surface area contributed by atoms with Crippen molar-refractivity contribution in [1.29, 1.82) is 0 Å². The zero-order valence-corrected chi connectivity index (χ0v) is 35.8. The predicted octanol–water partition coefficient (Wildman–Crippen LogP) is -13.6. The summed E-state index contributed by atoms with van der Waals surface area (Å²) in [5, 5.41) is 196. The maximum atomic E-state index is 11.2. The molecule has 22 aliphatic rings. The van der Waals surface area contributed by atoms with Crippen LogP contribution in [0.25, 0.3) is 0 Å². The van der Waals surface area contributed by atoms with Crippen LogP contribution >= 0.6 is 0 Å². The third-order valence-corrected chi connectivity index (χ3v) is 12.7. The Balaban J connectivity index is 0.00000254. The van der Waals surface area contributed by atoms with Crippen molar-refractivity contribution in [1.82, 2.24) is 0 Å². The molecule has 18 N–H and O–H groups in total. The third-order valence-electron chi connectivity index (χ3n) is 12.7. The largest absolute Gasteiger partial charge is 0.394 e. The fourth-order valence-electron chi connectivity index (χ4n) is 8.93. The van der Waals surface area contributed by atoms with Gasteiger partial charge in [0.25, 0.3) is 0 Å². The molecule has 12 bridgehead atoms. The van der Waals surface area contributed by atoms with Gasteiger partial charge in [0, 0.05) is 0 Å². The fourth-order valence-corrected chi connectivity index (χ4v) is 8.93. The Hall–Kier alpha value is -1.82. The maximum absolute atomic E-state index is 11.2. The molecule has 0 aromatic rings. The Morgan fingerprint density at radius 1 is 0.232 bits per heavy atom. The van der Waals surface area contributed by atoms with Crippen LogP contribution < -0.4 is 0 Å². The van der Waals surface area contributed by atoms with Crippen molar-refractivity contribution in [2.24, 2.45) is 0 Å². The summed E-state index contributed by atoms with van der Waals surface area (Å²) in [5.41, 5.74) is 0. The quantitative estimate of drug-likeness (QED) is 0.117. The summed E-state index contributed by atoms with van der Waals surface area (Å²) in [5.74, 6) is 0. The highest BCUT2D eigenvalue weighted by Crippen LogP contribution is 2.38. The molecule has 0 radical (unpaired) electrons. The Kier molecular flexibility index (Phi) is 20.0. The Morgan fingerprint density at radius 3 is 0.449 bits per heavy atom. The highest BCUT2D eigenvalue weighted by Gasteiger charge is 2.58. The van der Waals surface area contributed by atoms with Gasteiger partial charge in [0.1, 0.15) is 146 Å². The molecule has 22 saturated heterocycles. The Morgan fingerprint density at radius 2 is 0.348 bits per heavy atom. The van der Waals surface area contributed by atoms with Crippen molar-refractivity contribution < 1.29 is 158 Å². The highest BCUT2D eigenvalue weighted by molar-refractivity contribution is 5.20. The first-order valence-corrected chi connectivity index (χ1v) is 21.5. The minimum absolute atomic E-state index is 0.250. The molecule has 22 fully saturated rings. The van der Waals surface area contributed by atoms with Crippen molar-refractivity contribution in [3.63, 3.8) is 0 Å². The summed E-state index contributed by atoms with van der Waals surface area (Å²) in [7, 11) is 0. The molecule has 22 aliphatic heterocycles. The van der Waals surface area contributed by atoms with Crippen LogP contribution in [-0.4, -0.2) is 322 Å². The minimum Gasteiger partial charge on any atom is -0.394 e. The van der Waals surface area contributed by atoms with E-state index in [9.17, 15) is 91.9 Å². The molecule has 22 heterocycles. The molecule has 69 heavy (non-hydrogen) atoms. The molecule has 0 spiro atoms. The molecule has 400 valence electrons. The van der Waals surface area contributed by atoms with E-state index in [4.69, 9.17) is 66.4 Å². The van der Waals surface area contributed by atoms with E-state index in [-0.39, 0.29) is 6.15 Å². The van der Waals surface area contributed by atoms with Crippen LogP contribution in [0.5, 0.6) is 0 Å². The van der Waals surface area contributed by atoms with Crippen LogP contribution in [0.2, 0.25) is 0 Å². The van der Waals surface area contributed by atoms with E-state index in [2.05, 4.69) is 0 Å². The summed E-state index contributed by atoms with van der Waals surface area (Å²) in [6.45, 7) is -5.99. The lowest BCUT2D eigenvalue weighted by Crippen LogP contribution is -2.69. The second kappa shape index (κ2) is 24.5. The van der Waals surface area contributed by atoms with Crippen LogP contribution in [0.1, 0.15) is 0 Å². The summed E-state index contributed by atoms with van der Waals surface area (Å²) in [6.07, 6.45) is -58.2. The van der Waals surface area contributed by atoms with Crippen molar-refractivity contribution >= 4 is 6.15 Å². The summed E-state index contributed by atoms with van der Waals surface area (Å²) in [6, 6.07) is 0. The van der Waals surface area contributed by atoms with Crippen molar-refractivity contribution in [2.45, 2.75) is 184 Å². The predicted molar refractivity (Wildman–Crippen MR) is 201 cm³/mol. The number of aliphatic hydroxyl groups is 18. The standard InChI is InChI=1S/C36H60O30.CO2/c37-1-7-25-13(43)19(49)31(55-7)62-26-8(2-38)57-33(21(51)15(26)45)64-28-10(4-40)59-35(23(53)17(28)47)66-30-12(6-42)60-36(24(54)18(30)48)65-29-11(5-41)58-34(22(52)16(29)46)63-27-9(3-39)56-32(61-25)20(50)14(27)44;2-1-3/h7-54H,1-6H2;/t7-,8-,9-,10-,11-,12-,13-,14-,15-,16-,17-,18-,19-,20-,21-,22-,23-,24-,25-,26-,27-,28-,29-,30-,31-,32-,33-,34-,35-,36-;/m1./s1. The normalized spacial score (nSPS) is 53.1. The van der Waals surface area contributed by atoms with E-state index >= 15 is 0 Å². The van der Waals surface area contributed by atoms with Gasteiger partial charge in [-0.15, -0.1) is 0 Å². The first kappa shape index (κ1) is 56.5. The summed E-state index contributed by atoms with van der Waals surface area (Å²) in [4.78, 5) is 16.2. The first-order chi connectivity index (χ1) is 32.8. The zero-order valence-electron chi connectivity index (χ0n) is 35.8. The molecule has 22 rings (SSSR count). The number of carbonyl (C=O) groups excluding carboxylic acids is 2. The second-order valence-electron chi connectivity index (χ2n) is 16.9. The van der Waals surface area contributed by atoms with Gasteiger partial charge in [0.15, 0.2) is 37.7 Å². The number of aliphatic hydroxyl groups excluding tert-OH is 18. The van der Waals surface area contributed by atoms with E-state index in [0.717, 1.165) is 0 Å². The van der Waals surface area contributed by atoms with Gasteiger partial charge in [-0.25, -0.2) is 0 Å². The zero-order chi connectivity index (χ0) is 50.8. The molecule has 0 aliphatic carbocycles. The fraction of sp³-hybridized carbons (Fsp3) is 0.973. The number of hydrogen-bond acceptors (Lipinski definition) is 32. The van der Waals surface area contributed by atoms with Gasteiger partial charge in [0.05, 0.1) is 39.6 Å². The highest BCUT2D eigenvalue weighted by atomic mass is 16.8. The van der Waals surface area contributed by atoms with E-state index in [1.807, 2.05) is 0 Å². The average molecular weight is 1020 g/mol. The van der Waals surface area contributed by atoms with Gasteiger partial charge in [0.2, 0.25) is 0 Å². The van der Waals surface area contributed by atoms with Gasteiger partial charge in [-0.3, -0.25) is 0 Å². The van der Waals surface area contributed by atoms with Crippen molar-refractivity contribution in [2.75, 3.05) is 39.6 Å². The van der Waals surface area contributed by atoms with E-state index in [1.165, 1.54) is 0 Å². The summed E-state index contributed by atoms with van der Waals surface area (Å²) < 4.78 is 67.9. The second-order valence-corrected chi connectivity index (χ2v) is 16.9. The molecule has 32 heteroatoms. The molecular weight excluding hydrogens is 956 g/mol. The molecule has 0 amide bonds. The van der Waals surface area contributed by atoms with Crippen molar-refractivity contribution in [3.8, 4) is 0 Å². The smallest absolute Gasteiger partial charge is 0.373 e. The molecule has 32 nitrogen and oxygen atoms in total. The van der Waals surface area contributed by atoms with Gasteiger partial charge in [-0.2, -0.15) is 9.59 Å². The average Bonchev–Trinajstić information content (AvgIpc) is 3.34. The lowest BCUT2D eigenvalue weighted by molar-refractivity contribution is -0.404. The molecular formula is C37H60O32. The molecule has 0 aromatic carbocycles. The SMILES string of the molecule is O=C=O.OC[C@H]1O[C@@H]2O[C@H]3[C@H](O)[C@@H](O)[C@@H](O[C@H]4[C@H](O)[C@@H](O)[C@@H](O[C@H]5[C@H](O)[C@@H](O)[C@@H](O[C@H]6[C@H](O)[C@@H](O)[C@@H](O[C@H]7[C@H](O)[C@@H](O)[C@@H](O[C@H]1[C@H](O)[C@H]2O)O[C@@H]7CO)O[C@@H]6CO)O[C@@H]5CO)O[C@@H]4CO)O[C@@H]3CO. The third kappa shape index (κ3) is 11.5. The maximum Gasteiger partial charge on any atom is 0.373 e. The molecule has 0 aromatic heterocycles. The van der Waals surface area contributed by atoms with Crippen LogP contribution in [0, 0.1) is 0 Å². The number of ether oxygens (including phenoxy) is 12. The van der Waals surface area contributed by atoms with Gasteiger partial charge >= 0.3 is 6.15 Å². The van der Waals surface area contributed by atoms with Gasteiger partial charge < -0.3 is 149 Å². The number of rotatable bonds is 6. The Bertz CT molecular complexity index is 1330. The molecule has 30 atom stereocenters. The van der Waals surface area contributed by atoms with E-state index in [1.54, 1.807) is 0 Å². The summed E-state index contributed by atoms with van der Waals surface area (Å²) >= 11 is 0. The van der Waals surface area contributed by atoms with Crippen LogP contribution in [0.15, 0.2) is 0 Å². The van der Waals surface area contributed by atoms with Crippen LogP contribution in [0.3, 0.4) is 0 Å². The lowest BCUT2D eigenvalue weighted by Gasteiger charge is -2.50. The van der Waals surface area contributed by atoms with E-state index < -0.39 is 224 Å². The van der Waals surface area contributed by atoms with Gasteiger partial charge in [-0.05, 0) is 0 Å². The Labute approximate surface area is 388 Å². The topological polar surface area (TPSA) is 509 Å². The van der Waals surface area contributed by atoms with Crippen molar-refractivity contribution in [3.05, 3.63) is 0 Å². The van der Waals surface area contributed by atoms with Crippen LogP contribution in [0.4, 0.5) is 0 Å². The minimum atomic E-state index is -2.15. The van der Waals surface area contributed by atoms with Gasteiger partial charge in [-0.1, -0.05) is 0 Å². The monoisotopic (exact) mass is 1020 g/mol. The molecule has 0 unspecified atom stereocenters. The molecule has 0 saturated carbocycles. The first-order valence-electron chi connectivity index (χ1n) is 21.5. The van der Waals surface area contributed by atoms with Crippen LogP contribution in [-0.2, 0) is 66.4 Å². The van der Waals surface area contributed by atoms with E-state index in [0.29, 0.717) is 0 Å². The lowest BCUT2D eigenvalue weighted by atomic mass is 9.94. The number of hydrogen-bond donors (Lipinski definition) is 18.